The summed E-state index contributed by atoms with van der Waals surface area (Å²) in [6.45, 7) is 6.06. The van der Waals surface area contributed by atoms with Gasteiger partial charge in [-0.1, -0.05) is 13.3 Å². The summed E-state index contributed by atoms with van der Waals surface area (Å²) in [7, 11) is 0. The van der Waals surface area contributed by atoms with E-state index in [4.69, 9.17) is 16.0 Å². The van der Waals surface area contributed by atoms with Gasteiger partial charge >= 0.3 is 0 Å². The Morgan fingerprint density at radius 2 is 2.27 bits per heavy atom. The summed E-state index contributed by atoms with van der Waals surface area (Å²) in [4.78, 5) is 11.8. The van der Waals surface area contributed by atoms with E-state index in [1.165, 1.54) is 6.26 Å². The van der Waals surface area contributed by atoms with Gasteiger partial charge in [-0.15, -0.1) is 0 Å². The highest BCUT2D eigenvalue weighted by atomic mass is 35.5. The minimum absolute atomic E-state index is 0.139. The lowest BCUT2D eigenvalue weighted by atomic mass is 9.98. The minimum atomic E-state index is -0.216. The fraction of sp³-hybridized carbons (Fsp3) is 0.545. The van der Waals surface area contributed by atoms with E-state index in [2.05, 4.69) is 12.2 Å². The van der Waals surface area contributed by atoms with Crippen LogP contribution in [0.15, 0.2) is 16.7 Å². The Morgan fingerprint density at radius 3 is 2.73 bits per heavy atom. The van der Waals surface area contributed by atoms with E-state index >= 15 is 0 Å². The lowest BCUT2D eigenvalue weighted by molar-refractivity contribution is 0.0908. The van der Waals surface area contributed by atoms with Crippen molar-refractivity contribution >= 4 is 17.5 Å². The molecule has 1 heterocycles. The van der Waals surface area contributed by atoms with Gasteiger partial charge in [0.05, 0.1) is 11.8 Å². The van der Waals surface area contributed by atoms with E-state index in [9.17, 15) is 4.79 Å². The van der Waals surface area contributed by atoms with Crippen LogP contribution in [0.25, 0.3) is 0 Å². The van der Waals surface area contributed by atoms with Crippen LogP contribution in [0, 0.1) is 0 Å². The number of nitrogens with one attached hydrogen (secondary N) is 1. The number of carbonyl (C=O) groups is 1. The van der Waals surface area contributed by atoms with Crippen LogP contribution in [-0.4, -0.2) is 11.4 Å². The molecule has 1 rings (SSSR count). The topological polar surface area (TPSA) is 42.2 Å². The molecule has 0 aromatic carbocycles. The normalized spacial score (nSPS) is 11.5. The summed E-state index contributed by atoms with van der Waals surface area (Å²) in [6, 6.07) is 1.57. The van der Waals surface area contributed by atoms with Crippen molar-refractivity contribution in [2.75, 3.05) is 0 Å². The molecule has 0 radical (unpaired) electrons. The Labute approximate surface area is 94.8 Å². The van der Waals surface area contributed by atoms with E-state index in [1.807, 2.05) is 13.8 Å². The highest BCUT2D eigenvalue weighted by molar-refractivity contribution is 6.32. The molecule has 3 nitrogen and oxygen atoms in total. The predicted molar refractivity (Wildman–Crippen MR) is 60.2 cm³/mol. The molecule has 1 aromatic rings. The second-order valence-electron chi connectivity index (χ2n) is 4.20. The number of rotatable bonds is 4. The Bertz CT molecular complexity index is 344. The molecule has 84 valence electrons. The van der Waals surface area contributed by atoms with Gasteiger partial charge in [-0.3, -0.25) is 4.79 Å². The van der Waals surface area contributed by atoms with Crippen LogP contribution in [0.4, 0.5) is 0 Å². The third kappa shape index (κ3) is 3.27. The van der Waals surface area contributed by atoms with Gasteiger partial charge < -0.3 is 9.73 Å². The molecule has 1 aromatic heterocycles. The molecule has 0 atom stereocenters. The van der Waals surface area contributed by atoms with E-state index in [0.29, 0.717) is 5.56 Å². The van der Waals surface area contributed by atoms with E-state index in [-0.39, 0.29) is 16.7 Å². The molecule has 4 heteroatoms. The van der Waals surface area contributed by atoms with Crippen LogP contribution < -0.4 is 5.32 Å². The van der Waals surface area contributed by atoms with Gasteiger partial charge in [-0.25, -0.2) is 0 Å². The van der Waals surface area contributed by atoms with Gasteiger partial charge in [0.25, 0.3) is 5.91 Å². The molecule has 0 fully saturated rings. The average molecular weight is 230 g/mol. The van der Waals surface area contributed by atoms with Gasteiger partial charge in [0, 0.05) is 5.54 Å². The van der Waals surface area contributed by atoms with Crippen LogP contribution in [0.2, 0.25) is 5.22 Å². The van der Waals surface area contributed by atoms with Crippen LogP contribution in [0.3, 0.4) is 0 Å². The second kappa shape index (κ2) is 4.71. The van der Waals surface area contributed by atoms with Crippen molar-refractivity contribution in [2.45, 2.75) is 39.2 Å². The van der Waals surface area contributed by atoms with Crippen molar-refractivity contribution in [3.8, 4) is 0 Å². The Morgan fingerprint density at radius 1 is 1.60 bits per heavy atom. The summed E-state index contributed by atoms with van der Waals surface area (Å²) < 4.78 is 4.86. The molecule has 0 unspecified atom stereocenters. The fourth-order valence-electron chi connectivity index (χ4n) is 1.52. The quantitative estimate of drug-likeness (QED) is 0.861. The fourth-order valence-corrected chi connectivity index (χ4v) is 1.72. The summed E-state index contributed by atoms with van der Waals surface area (Å²) in [5.41, 5.74) is 0.174. The molecule has 0 bridgehead atoms. The first-order valence-corrected chi connectivity index (χ1v) is 5.39. The van der Waals surface area contributed by atoms with Crippen LogP contribution in [0.5, 0.6) is 0 Å². The number of hydrogen-bond donors (Lipinski definition) is 1. The zero-order valence-corrected chi connectivity index (χ0v) is 10.0. The van der Waals surface area contributed by atoms with Crippen molar-refractivity contribution < 1.29 is 9.21 Å². The van der Waals surface area contributed by atoms with E-state index in [1.54, 1.807) is 6.07 Å². The Hall–Kier alpha value is -0.960. The maximum atomic E-state index is 11.8. The summed E-state index contributed by atoms with van der Waals surface area (Å²) >= 11 is 5.71. The standard InChI is InChI=1S/C11H16ClNO2/c1-4-6-11(2,3)13-10(14)8-5-7-15-9(8)12/h5,7H,4,6H2,1-3H3,(H,13,14). The molecular weight excluding hydrogens is 214 g/mol. The highest BCUT2D eigenvalue weighted by Crippen LogP contribution is 2.18. The summed E-state index contributed by atoms with van der Waals surface area (Å²) in [5.74, 6) is -0.188. The lowest BCUT2D eigenvalue weighted by Crippen LogP contribution is -2.43. The first kappa shape index (κ1) is 12.1. The molecule has 15 heavy (non-hydrogen) atoms. The Balaban J connectivity index is 2.68. The molecule has 0 spiro atoms. The highest BCUT2D eigenvalue weighted by Gasteiger charge is 2.22. The molecule has 1 N–H and O–H groups in total. The number of halogens is 1. The maximum Gasteiger partial charge on any atom is 0.256 e. The van der Waals surface area contributed by atoms with Crippen molar-refractivity contribution in [1.82, 2.24) is 5.32 Å². The predicted octanol–water partition coefficient (Wildman–Crippen LogP) is 3.24. The summed E-state index contributed by atoms with van der Waals surface area (Å²) in [5, 5.41) is 3.06. The van der Waals surface area contributed by atoms with Crippen molar-refractivity contribution in [3.63, 3.8) is 0 Å². The molecule has 0 aliphatic rings. The number of carbonyl (C=O) groups excluding carboxylic acids is 1. The van der Waals surface area contributed by atoms with Crippen LogP contribution in [0.1, 0.15) is 44.0 Å². The van der Waals surface area contributed by atoms with Crippen LogP contribution in [-0.2, 0) is 0 Å². The molecule has 1 amide bonds. The van der Waals surface area contributed by atoms with E-state index in [0.717, 1.165) is 12.8 Å². The van der Waals surface area contributed by atoms with E-state index < -0.39 is 0 Å². The second-order valence-corrected chi connectivity index (χ2v) is 4.54. The lowest BCUT2D eigenvalue weighted by Gasteiger charge is -2.25. The van der Waals surface area contributed by atoms with Crippen molar-refractivity contribution in [1.29, 1.82) is 0 Å². The zero-order valence-electron chi connectivity index (χ0n) is 9.26. The molecule has 0 aliphatic carbocycles. The Kier molecular flexibility index (Phi) is 3.80. The smallest absolute Gasteiger partial charge is 0.256 e. The van der Waals surface area contributed by atoms with Crippen LogP contribution >= 0.6 is 11.6 Å². The minimum Gasteiger partial charge on any atom is -0.452 e. The molecule has 0 saturated carbocycles. The zero-order chi connectivity index (χ0) is 11.5. The van der Waals surface area contributed by atoms with Gasteiger partial charge in [-0.05, 0) is 37.9 Å². The van der Waals surface area contributed by atoms with Gasteiger partial charge in [0.15, 0.2) is 0 Å². The number of furan rings is 1. The SMILES string of the molecule is CCCC(C)(C)NC(=O)c1ccoc1Cl. The maximum absolute atomic E-state index is 11.8. The number of amides is 1. The third-order valence-corrected chi connectivity index (χ3v) is 2.48. The summed E-state index contributed by atoms with van der Waals surface area (Å²) in [6.07, 6.45) is 3.35. The molecule has 0 aliphatic heterocycles. The molecular formula is C11H16ClNO2. The largest absolute Gasteiger partial charge is 0.452 e. The van der Waals surface area contributed by atoms with Gasteiger partial charge in [-0.2, -0.15) is 0 Å². The van der Waals surface area contributed by atoms with Gasteiger partial charge in [0.2, 0.25) is 5.22 Å². The van der Waals surface area contributed by atoms with Gasteiger partial charge in [0.1, 0.15) is 0 Å². The first-order chi connectivity index (χ1) is 6.96. The first-order valence-electron chi connectivity index (χ1n) is 5.02. The monoisotopic (exact) mass is 229 g/mol. The van der Waals surface area contributed by atoms with Crippen molar-refractivity contribution in [3.05, 3.63) is 23.1 Å². The third-order valence-electron chi connectivity index (χ3n) is 2.19. The van der Waals surface area contributed by atoms with Crippen molar-refractivity contribution in [2.24, 2.45) is 0 Å². The molecule has 0 saturated heterocycles. The average Bonchev–Trinajstić information content (AvgIpc) is 2.50. The number of hydrogen-bond acceptors (Lipinski definition) is 2.